The Hall–Kier alpha value is -3.84. The lowest BCUT2D eigenvalue weighted by molar-refractivity contribution is 0.239. The Bertz CT molecular complexity index is 1620. The molecule has 2 heterocycles. The number of aromatic nitrogens is 2. The second kappa shape index (κ2) is 9.80. The number of aryl methyl sites for hydroxylation is 2. The number of ether oxygens (including phenoxy) is 3. The molecule has 0 radical (unpaired) electrons. The lowest BCUT2D eigenvalue weighted by Gasteiger charge is -2.12. The van der Waals surface area contributed by atoms with Gasteiger partial charge in [-0.1, -0.05) is 47.2 Å². The van der Waals surface area contributed by atoms with Gasteiger partial charge in [0.1, 0.15) is 5.75 Å². The van der Waals surface area contributed by atoms with Gasteiger partial charge in [0.15, 0.2) is 16.5 Å². The van der Waals surface area contributed by atoms with Crippen molar-refractivity contribution in [2.75, 3.05) is 20.3 Å². The zero-order chi connectivity index (χ0) is 24.4. The number of rotatable bonds is 8. The molecule has 3 aromatic carbocycles. The molecule has 0 aliphatic heterocycles. The van der Waals surface area contributed by atoms with Crippen LogP contribution in [0.2, 0.25) is 0 Å². The molecular formula is C28H26N2O4S. The maximum absolute atomic E-state index is 13.0. The summed E-state index contributed by atoms with van der Waals surface area (Å²) in [6, 6.07) is 19.5. The van der Waals surface area contributed by atoms with Gasteiger partial charge in [0, 0.05) is 6.42 Å². The highest BCUT2D eigenvalue weighted by Gasteiger charge is 2.11. The van der Waals surface area contributed by atoms with E-state index in [9.17, 15) is 4.79 Å². The minimum absolute atomic E-state index is 0.0678. The molecule has 0 amide bonds. The summed E-state index contributed by atoms with van der Waals surface area (Å²) in [5, 5.41) is 0. The van der Waals surface area contributed by atoms with Crippen molar-refractivity contribution in [1.29, 1.82) is 0 Å². The summed E-state index contributed by atoms with van der Waals surface area (Å²) in [5.41, 5.74) is 4.80. The van der Waals surface area contributed by atoms with Crippen molar-refractivity contribution in [3.8, 4) is 17.2 Å². The zero-order valence-corrected chi connectivity index (χ0v) is 20.7. The first-order chi connectivity index (χ1) is 17.0. The number of imidazole rings is 1. The maximum Gasteiger partial charge on any atom is 0.274 e. The molecule has 0 aliphatic carbocycles. The van der Waals surface area contributed by atoms with Crippen molar-refractivity contribution in [1.82, 2.24) is 9.38 Å². The number of benzene rings is 3. The molecule has 5 rings (SSSR count). The van der Waals surface area contributed by atoms with Crippen molar-refractivity contribution in [3.05, 3.63) is 92.2 Å². The van der Waals surface area contributed by atoms with E-state index >= 15 is 0 Å². The van der Waals surface area contributed by atoms with Crippen LogP contribution in [0.3, 0.4) is 0 Å². The van der Waals surface area contributed by atoms with Crippen LogP contribution in [-0.2, 0) is 0 Å². The van der Waals surface area contributed by atoms with E-state index in [1.165, 1.54) is 16.9 Å². The first kappa shape index (κ1) is 22.9. The van der Waals surface area contributed by atoms with Crippen LogP contribution in [0.1, 0.15) is 23.1 Å². The van der Waals surface area contributed by atoms with E-state index in [1.807, 2.05) is 67.6 Å². The van der Waals surface area contributed by atoms with E-state index in [0.29, 0.717) is 34.2 Å². The van der Waals surface area contributed by atoms with E-state index in [4.69, 9.17) is 14.2 Å². The van der Waals surface area contributed by atoms with Gasteiger partial charge in [-0.05, 0) is 61.4 Å². The monoisotopic (exact) mass is 486 g/mol. The molecule has 0 saturated heterocycles. The van der Waals surface area contributed by atoms with Gasteiger partial charge >= 0.3 is 0 Å². The topological polar surface area (TPSA) is 62.1 Å². The van der Waals surface area contributed by atoms with E-state index in [-0.39, 0.29) is 5.56 Å². The van der Waals surface area contributed by atoms with Crippen molar-refractivity contribution in [2.45, 2.75) is 20.3 Å². The summed E-state index contributed by atoms with van der Waals surface area (Å²) in [5.74, 6) is 2.18. The third kappa shape index (κ3) is 4.72. The van der Waals surface area contributed by atoms with Crippen LogP contribution in [0.4, 0.5) is 0 Å². The summed E-state index contributed by atoms with van der Waals surface area (Å²) in [6.07, 6.45) is 2.60. The predicted molar refractivity (Wildman–Crippen MR) is 140 cm³/mol. The molecule has 7 heteroatoms. The zero-order valence-electron chi connectivity index (χ0n) is 19.9. The quantitative estimate of drug-likeness (QED) is 0.291. The molecular weight excluding hydrogens is 460 g/mol. The fourth-order valence-corrected chi connectivity index (χ4v) is 5.03. The van der Waals surface area contributed by atoms with Gasteiger partial charge in [-0.2, -0.15) is 0 Å². The fourth-order valence-electron chi connectivity index (χ4n) is 4.04. The highest BCUT2D eigenvalue weighted by molar-refractivity contribution is 7.15. The lowest BCUT2D eigenvalue weighted by Crippen LogP contribution is -2.22. The smallest absolute Gasteiger partial charge is 0.274 e. The minimum atomic E-state index is -0.0678. The van der Waals surface area contributed by atoms with Crippen LogP contribution >= 0.6 is 11.3 Å². The van der Waals surface area contributed by atoms with Gasteiger partial charge in [-0.15, -0.1) is 0 Å². The summed E-state index contributed by atoms with van der Waals surface area (Å²) >= 11 is 1.38. The highest BCUT2D eigenvalue weighted by atomic mass is 32.1. The third-order valence-corrected chi connectivity index (χ3v) is 6.73. The number of methoxy groups -OCH3 is 1. The Labute approximate surface area is 207 Å². The normalized spacial score (nSPS) is 11.9. The second-order valence-electron chi connectivity index (χ2n) is 8.36. The van der Waals surface area contributed by atoms with Crippen molar-refractivity contribution < 1.29 is 14.2 Å². The molecule has 0 aliphatic rings. The van der Waals surface area contributed by atoms with Gasteiger partial charge in [0.25, 0.3) is 5.56 Å². The van der Waals surface area contributed by atoms with Crippen molar-refractivity contribution in [2.24, 2.45) is 0 Å². The molecule has 0 unspecified atom stereocenters. The Kier molecular flexibility index (Phi) is 6.42. The third-order valence-electron chi connectivity index (χ3n) is 5.76. The van der Waals surface area contributed by atoms with E-state index < -0.39 is 0 Å². The Morgan fingerprint density at radius 3 is 2.51 bits per heavy atom. The van der Waals surface area contributed by atoms with E-state index in [2.05, 4.69) is 18.0 Å². The molecule has 0 bridgehead atoms. The average molecular weight is 487 g/mol. The molecule has 0 saturated carbocycles. The van der Waals surface area contributed by atoms with Gasteiger partial charge < -0.3 is 14.2 Å². The Morgan fingerprint density at radius 1 is 0.943 bits per heavy atom. The summed E-state index contributed by atoms with van der Waals surface area (Å²) in [6.45, 7) is 5.19. The average Bonchev–Trinajstić information content (AvgIpc) is 3.36. The predicted octanol–water partition coefficient (Wildman–Crippen LogP) is 4.93. The van der Waals surface area contributed by atoms with Crippen LogP contribution < -0.4 is 24.3 Å². The minimum Gasteiger partial charge on any atom is -0.493 e. The van der Waals surface area contributed by atoms with E-state index in [1.54, 1.807) is 11.5 Å². The molecule has 178 valence electrons. The Balaban J connectivity index is 1.27. The molecule has 0 atom stereocenters. The summed E-state index contributed by atoms with van der Waals surface area (Å²) < 4.78 is 19.6. The molecule has 0 spiro atoms. The largest absolute Gasteiger partial charge is 0.493 e. The van der Waals surface area contributed by atoms with E-state index in [0.717, 1.165) is 34.3 Å². The number of fused-ring (bicyclic) bond motifs is 3. The fraction of sp³-hybridized carbons (Fsp3) is 0.214. The van der Waals surface area contributed by atoms with Gasteiger partial charge in [-0.3, -0.25) is 4.79 Å². The molecule has 5 aromatic rings. The van der Waals surface area contributed by atoms with Gasteiger partial charge in [0.05, 0.1) is 35.9 Å². The standard InChI is InChI=1S/C28H26N2O4S/c1-18-9-11-23(19(2)15-18)33-13-6-14-34-24-12-10-20(16-25(24)32-3)17-26-27(31)30-22-8-5-4-7-21(22)29-28(30)35-26/h4-5,7-12,15-17H,6,13-14H2,1-3H3. The SMILES string of the molecule is COc1cc(C=c2sc3nc4ccccc4n3c2=O)ccc1OCCCOc1ccc(C)cc1C. The van der Waals surface area contributed by atoms with Gasteiger partial charge in [0.2, 0.25) is 0 Å². The first-order valence-electron chi connectivity index (χ1n) is 11.5. The lowest BCUT2D eigenvalue weighted by atomic mass is 10.1. The Morgan fingerprint density at radius 2 is 1.71 bits per heavy atom. The summed E-state index contributed by atoms with van der Waals surface area (Å²) in [7, 11) is 1.61. The highest BCUT2D eigenvalue weighted by Crippen LogP contribution is 2.28. The number of thiazole rings is 1. The first-order valence-corrected chi connectivity index (χ1v) is 12.3. The van der Waals surface area contributed by atoms with Crippen LogP contribution in [0, 0.1) is 13.8 Å². The van der Waals surface area contributed by atoms with Crippen LogP contribution in [0.15, 0.2) is 65.5 Å². The second-order valence-corrected chi connectivity index (χ2v) is 9.37. The van der Waals surface area contributed by atoms with Crippen LogP contribution in [0.25, 0.3) is 22.1 Å². The van der Waals surface area contributed by atoms with Gasteiger partial charge in [-0.25, -0.2) is 9.38 Å². The van der Waals surface area contributed by atoms with Crippen molar-refractivity contribution >= 4 is 33.4 Å². The number of para-hydroxylation sites is 2. The molecule has 35 heavy (non-hydrogen) atoms. The van der Waals surface area contributed by atoms with Crippen LogP contribution in [-0.4, -0.2) is 29.7 Å². The maximum atomic E-state index is 13.0. The molecule has 0 fully saturated rings. The summed E-state index contributed by atoms with van der Waals surface area (Å²) in [4.78, 5) is 18.3. The van der Waals surface area contributed by atoms with Crippen molar-refractivity contribution in [3.63, 3.8) is 0 Å². The number of hydrogen-bond acceptors (Lipinski definition) is 6. The number of nitrogens with zero attached hydrogens (tertiary/aromatic N) is 2. The van der Waals surface area contributed by atoms with Crippen LogP contribution in [0.5, 0.6) is 17.2 Å². The molecule has 2 aromatic heterocycles. The molecule has 0 N–H and O–H groups in total. The molecule has 6 nitrogen and oxygen atoms in total. The number of hydrogen-bond donors (Lipinski definition) is 0.